The van der Waals surface area contributed by atoms with Gasteiger partial charge in [0.05, 0.1) is 12.1 Å². The molecule has 6 heteroatoms. The molecule has 2 heterocycles. The van der Waals surface area contributed by atoms with Crippen LogP contribution in [0.5, 0.6) is 0 Å². The van der Waals surface area contributed by atoms with Crippen molar-refractivity contribution in [3.8, 4) is 0 Å². The van der Waals surface area contributed by atoms with Crippen LogP contribution in [0, 0.1) is 5.92 Å². The molecule has 0 saturated carbocycles. The Kier molecular flexibility index (Phi) is 6.25. The normalized spacial score (nSPS) is 19.7. The smallest absolute Gasteiger partial charge is 0.231 e. The third-order valence-electron chi connectivity index (χ3n) is 4.94. The van der Waals surface area contributed by atoms with E-state index in [4.69, 9.17) is 0 Å². The molecule has 0 spiro atoms. The summed E-state index contributed by atoms with van der Waals surface area (Å²) < 4.78 is 1.80. The molecule has 5 nitrogen and oxygen atoms in total. The Bertz CT molecular complexity index is 728. The minimum absolute atomic E-state index is 0. The Hall–Kier alpha value is -1.85. The van der Waals surface area contributed by atoms with Gasteiger partial charge < -0.3 is 10.2 Å². The number of nitrogens with zero attached hydrogens (tertiary/aromatic N) is 3. The van der Waals surface area contributed by atoms with Crippen LogP contribution in [-0.4, -0.2) is 35.8 Å². The summed E-state index contributed by atoms with van der Waals surface area (Å²) in [4.78, 5) is 14.9. The Morgan fingerprint density at radius 3 is 2.76 bits per heavy atom. The molecule has 1 aromatic heterocycles. The van der Waals surface area contributed by atoms with Crippen LogP contribution in [0.3, 0.4) is 0 Å². The quantitative estimate of drug-likeness (QED) is 0.909. The number of hydrogen-bond donors (Lipinski definition) is 1. The molecule has 2 atom stereocenters. The van der Waals surface area contributed by atoms with E-state index >= 15 is 0 Å². The van der Waals surface area contributed by atoms with E-state index in [1.54, 1.807) is 9.58 Å². The number of rotatable bonds is 4. The maximum Gasteiger partial charge on any atom is 0.231 e. The second-order valence-electron chi connectivity index (χ2n) is 6.97. The van der Waals surface area contributed by atoms with Crippen LogP contribution in [0.2, 0.25) is 0 Å². The zero-order valence-electron chi connectivity index (χ0n) is 15.3. The molecule has 1 N–H and O–H groups in total. The van der Waals surface area contributed by atoms with Gasteiger partial charge in [-0.15, -0.1) is 12.4 Å². The summed E-state index contributed by atoms with van der Waals surface area (Å²) in [6.45, 7) is 5.87. The van der Waals surface area contributed by atoms with Crippen LogP contribution in [-0.2, 0) is 11.8 Å². The lowest BCUT2D eigenvalue weighted by Crippen LogP contribution is -2.36. The summed E-state index contributed by atoms with van der Waals surface area (Å²) in [6, 6.07) is 8.26. The van der Waals surface area contributed by atoms with Gasteiger partial charge in [-0.2, -0.15) is 5.10 Å². The average Bonchev–Trinajstić information content (AvgIpc) is 3.22. The molecule has 1 aliphatic rings. The summed E-state index contributed by atoms with van der Waals surface area (Å²) in [6.07, 6.45) is 3.88. The first-order valence-electron chi connectivity index (χ1n) is 8.54. The Morgan fingerprint density at radius 2 is 2.12 bits per heavy atom. The molecule has 2 aromatic rings. The molecule has 0 bridgehead atoms. The molecule has 0 aliphatic carbocycles. The lowest BCUT2D eigenvalue weighted by molar-refractivity contribution is -0.121. The minimum Gasteiger partial charge on any atom is -0.315 e. The highest BCUT2D eigenvalue weighted by Crippen LogP contribution is 2.31. The highest BCUT2D eigenvalue weighted by molar-refractivity contribution is 5.95. The number of anilines is 1. The number of amides is 1. The molecule has 1 saturated heterocycles. The van der Waals surface area contributed by atoms with Crippen molar-refractivity contribution in [2.45, 2.75) is 25.7 Å². The number of aromatic nitrogens is 2. The fourth-order valence-corrected chi connectivity index (χ4v) is 3.39. The molecule has 3 rings (SSSR count). The van der Waals surface area contributed by atoms with Crippen LogP contribution in [0.1, 0.15) is 36.8 Å². The predicted molar refractivity (Wildman–Crippen MR) is 103 cm³/mol. The van der Waals surface area contributed by atoms with Gasteiger partial charge in [0.25, 0.3) is 0 Å². The summed E-state index contributed by atoms with van der Waals surface area (Å²) in [5.41, 5.74) is 3.34. The van der Waals surface area contributed by atoms with Crippen molar-refractivity contribution in [2.24, 2.45) is 13.0 Å². The monoisotopic (exact) mass is 362 g/mol. The molecule has 1 aromatic carbocycles. The standard InChI is InChI=1S/C19H26N4O.ClH/c1-13(2)14-6-5-7-16(8-14)23(4)19(24)18-11-20-10-17(18)15-9-21-22(3)12-15;/h5-9,12-13,17-18,20H,10-11H2,1-4H3;1H/t17-,18+;/m1./s1. The molecule has 1 amide bonds. The summed E-state index contributed by atoms with van der Waals surface area (Å²) in [5.74, 6) is 0.739. The predicted octanol–water partition coefficient (Wildman–Crippen LogP) is 2.93. The van der Waals surface area contributed by atoms with Crippen LogP contribution >= 0.6 is 12.4 Å². The van der Waals surface area contributed by atoms with Gasteiger partial charge in [0.2, 0.25) is 5.91 Å². The first kappa shape index (κ1) is 19.5. The van der Waals surface area contributed by atoms with Gasteiger partial charge in [-0.1, -0.05) is 26.0 Å². The van der Waals surface area contributed by atoms with Gasteiger partial charge in [-0.05, 0) is 29.2 Å². The van der Waals surface area contributed by atoms with Crippen LogP contribution in [0.4, 0.5) is 5.69 Å². The van der Waals surface area contributed by atoms with Gasteiger partial charge >= 0.3 is 0 Å². The number of hydrogen-bond acceptors (Lipinski definition) is 3. The van der Waals surface area contributed by atoms with E-state index in [1.165, 1.54) is 5.56 Å². The van der Waals surface area contributed by atoms with Crippen molar-refractivity contribution in [1.29, 1.82) is 0 Å². The second-order valence-corrected chi connectivity index (χ2v) is 6.97. The highest BCUT2D eigenvalue weighted by atomic mass is 35.5. The van der Waals surface area contributed by atoms with Gasteiger partial charge in [-0.25, -0.2) is 0 Å². The number of halogens is 1. The first-order valence-corrected chi connectivity index (χ1v) is 8.54. The molecular formula is C19H27ClN4O. The number of nitrogens with one attached hydrogen (secondary N) is 1. The van der Waals surface area contributed by atoms with E-state index in [1.807, 2.05) is 38.6 Å². The van der Waals surface area contributed by atoms with Crippen molar-refractivity contribution in [3.63, 3.8) is 0 Å². The first-order chi connectivity index (χ1) is 11.5. The van der Waals surface area contributed by atoms with Crippen molar-refractivity contribution >= 4 is 24.0 Å². The number of aryl methyl sites for hydroxylation is 1. The molecule has 1 aliphatic heterocycles. The molecule has 0 unspecified atom stereocenters. The van der Waals surface area contributed by atoms with E-state index in [2.05, 4.69) is 36.4 Å². The average molecular weight is 363 g/mol. The van der Waals surface area contributed by atoms with E-state index in [0.717, 1.165) is 17.8 Å². The maximum absolute atomic E-state index is 13.1. The molecule has 25 heavy (non-hydrogen) atoms. The molecule has 136 valence electrons. The fraction of sp³-hybridized carbons (Fsp3) is 0.474. The SMILES string of the molecule is CC(C)c1cccc(N(C)C(=O)[C@H]2CNC[C@@H]2c2cnn(C)c2)c1.Cl. The van der Waals surface area contributed by atoms with Gasteiger partial charge in [-0.3, -0.25) is 9.48 Å². The third-order valence-corrected chi connectivity index (χ3v) is 4.94. The fourth-order valence-electron chi connectivity index (χ4n) is 3.39. The maximum atomic E-state index is 13.1. The van der Waals surface area contributed by atoms with Crippen LogP contribution in [0.15, 0.2) is 36.7 Å². The zero-order chi connectivity index (χ0) is 17.3. The number of carbonyl (C=O) groups is 1. The van der Waals surface area contributed by atoms with E-state index in [9.17, 15) is 4.79 Å². The van der Waals surface area contributed by atoms with E-state index in [0.29, 0.717) is 12.5 Å². The molecule has 0 radical (unpaired) electrons. The topological polar surface area (TPSA) is 50.2 Å². The largest absolute Gasteiger partial charge is 0.315 e. The Balaban J connectivity index is 0.00000225. The van der Waals surface area contributed by atoms with Crippen molar-refractivity contribution in [2.75, 3.05) is 25.0 Å². The van der Waals surface area contributed by atoms with Crippen molar-refractivity contribution in [3.05, 3.63) is 47.8 Å². The Morgan fingerprint density at radius 1 is 1.36 bits per heavy atom. The van der Waals surface area contributed by atoms with E-state index < -0.39 is 0 Å². The van der Waals surface area contributed by atoms with Gasteiger partial charge in [0.1, 0.15) is 0 Å². The Labute approximate surface area is 155 Å². The molecular weight excluding hydrogens is 336 g/mol. The van der Waals surface area contributed by atoms with E-state index in [-0.39, 0.29) is 30.2 Å². The number of carbonyl (C=O) groups excluding carboxylic acids is 1. The zero-order valence-corrected chi connectivity index (χ0v) is 16.1. The lowest BCUT2D eigenvalue weighted by atomic mass is 9.89. The summed E-state index contributed by atoms with van der Waals surface area (Å²) in [5, 5.41) is 7.62. The van der Waals surface area contributed by atoms with Crippen molar-refractivity contribution < 1.29 is 4.79 Å². The third kappa shape index (κ3) is 4.05. The summed E-state index contributed by atoms with van der Waals surface area (Å²) in [7, 11) is 3.78. The highest BCUT2D eigenvalue weighted by Gasteiger charge is 2.36. The molecule has 1 fully saturated rings. The van der Waals surface area contributed by atoms with Gasteiger partial charge in [0, 0.05) is 45.0 Å². The summed E-state index contributed by atoms with van der Waals surface area (Å²) >= 11 is 0. The van der Waals surface area contributed by atoms with Crippen LogP contribution in [0.25, 0.3) is 0 Å². The lowest BCUT2D eigenvalue weighted by Gasteiger charge is -2.25. The van der Waals surface area contributed by atoms with Crippen LogP contribution < -0.4 is 10.2 Å². The minimum atomic E-state index is -0.0538. The second kappa shape index (κ2) is 8.02. The number of benzene rings is 1. The van der Waals surface area contributed by atoms with Gasteiger partial charge in [0.15, 0.2) is 0 Å². The van der Waals surface area contributed by atoms with Crippen molar-refractivity contribution in [1.82, 2.24) is 15.1 Å².